The number of nitrogen functional groups attached to an aromatic ring is 1. The molecule has 0 radical (unpaired) electrons. The zero-order chi connectivity index (χ0) is 14.1. The van der Waals surface area contributed by atoms with Crippen LogP contribution in [0, 0.1) is 5.82 Å². The lowest BCUT2D eigenvalue weighted by molar-refractivity contribution is 0.429. The van der Waals surface area contributed by atoms with Gasteiger partial charge in [0.2, 0.25) is 0 Å². The number of hydrogen-bond acceptors (Lipinski definition) is 4. The highest BCUT2D eigenvalue weighted by molar-refractivity contribution is 9.10. The number of ether oxygens (including phenoxy) is 1. The molecule has 0 atom stereocenters. The van der Waals surface area contributed by atoms with Gasteiger partial charge in [-0.3, -0.25) is 0 Å². The van der Waals surface area contributed by atoms with E-state index in [0.717, 1.165) is 0 Å². The highest BCUT2D eigenvalue weighted by atomic mass is 79.9. The van der Waals surface area contributed by atoms with Gasteiger partial charge in [0, 0.05) is 4.47 Å². The van der Waals surface area contributed by atoms with E-state index in [4.69, 9.17) is 10.5 Å². The molecule has 0 unspecified atom stereocenters. The Morgan fingerprint density at radius 2 is 1.75 bits per heavy atom. The monoisotopic (exact) mass is 333 g/mol. The third kappa shape index (κ3) is 2.42. The van der Waals surface area contributed by atoms with Gasteiger partial charge in [-0.2, -0.15) is 0 Å². The van der Waals surface area contributed by atoms with Gasteiger partial charge in [-0.05, 0) is 30.3 Å². The van der Waals surface area contributed by atoms with Crippen molar-refractivity contribution in [1.29, 1.82) is 0 Å². The SMILES string of the molecule is Nc1nc2ccccc2nc1Oc1cc(Br)ccc1F. The molecule has 0 spiro atoms. The third-order valence-electron chi connectivity index (χ3n) is 2.66. The summed E-state index contributed by atoms with van der Waals surface area (Å²) >= 11 is 3.25. The van der Waals surface area contributed by atoms with Crippen LogP contribution in [-0.2, 0) is 0 Å². The number of nitrogens with two attached hydrogens (primary N) is 1. The quantitative estimate of drug-likeness (QED) is 0.772. The second-order valence-corrected chi connectivity index (χ2v) is 5.00. The van der Waals surface area contributed by atoms with Crippen molar-refractivity contribution in [3.8, 4) is 11.6 Å². The summed E-state index contributed by atoms with van der Waals surface area (Å²) in [4.78, 5) is 8.43. The van der Waals surface area contributed by atoms with Crippen molar-refractivity contribution >= 4 is 32.8 Å². The van der Waals surface area contributed by atoms with Gasteiger partial charge in [0.05, 0.1) is 11.0 Å². The highest BCUT2D eigenvalue weighted by Gasteiger charge is 2.11. The number of hydrogen-bond donors (Lipinski definition) is 1. The first-order valence-corrected chi connectivity index (χ1v) is 6.58. The minimum Gasteiger partial charge on any atom is -0.433 e. The average molecular weight is 334 g/mol. The fraction of sp³-hybridized carbons (Fsp3) is 0. The molecule has 1 aromatic heterocycles. The van der Waals surface area contributed by atoms with Gasteiger partial charge in [-0.1, -0.05) is 28.1 Å². The van der Waals surface area contributed by atoms with Crippen LogP contribution in [0.2, 0.25) is 0 Å². The third-order valence-corrected chi connectivity index (χ3v) is 3.16. The van der Waals surface area contributed by atoms with Crippen molar-refractivity contribution in [3.63, 3.8) is 0 Å². The zero-order valence-corrected chi connectivity index (χ0v) is 11.8. The van der Waals surface area contributed by atoms with Crippen LogP contribution >= 0.6 is 15.9 Å². The first kappa shape index (κ1) is 12.8. The van der Waals surface area contributed by atoms with E-state index in [-0.39, 0.29) is 17.4 Å². The van der Waals surface area contributed by atoms with E-state index in [2.05, 4.69) is 25.9 Å². The van der Waals surface area contributed by atoms with Crippen LogP contribution in [-0.4, -0.2) is 9.97 Å². The molecule has 0 bridgehead atoms. The maximum Gasteiger partial charge on any atom is 0.263 e. The van der Waals surface area contributed by atoms with Crippen LogP contribution < -0.4 is 10.5 Å². The number of benzene rings is 2. The minimum atomic E-state index is -0.498. The Hall–Kier alpha value is -2.21. The van der Waals surface area contributed by atoms with E-state index in [1.54, 1.807) is 18.2 Å². The molecule has 0 saturated heterocycles. The number of rotatable bonds is 2. The second-order valence-electron chi connectivity index (χ2n) is 4.08. The molecule has 0 aliphatic rings. The molecule has 4 nitrogen and oxygen atoms in total. The molecule has 1 heterocycles. The number of aromatic nitrogens is 2. The molecule has 0 saturated carbocycles. The Labute approximate surface area is 122 Å². The maximum absolute atomic E-state index is 13.7. The topological polar surface area (TPSA) is 61.0 Å². The smallest absolute Gasteiger partial charge is 0.263 e. The van der Waals surface area contributed by atoms with Crippen LogP contribution in [0.15, 0.2) is 46.9 Å². The molecule has 0 aliphatic heterocycles. The Balaban J connectivity index is 2.06. The van der Waals surface area contributed by atoms with Gasteiger partial charge in [-0.25, -0.2) is 14.4 Å². The predicted octanol–water partition coefficient (Wildman–Crippen LogP) is 3.91. The first-order chi connectivity index (χ1) is 9.63. The van der Waals surface area contributed by atoms with Crippen LogP contribution in [0.5, 0.6) is 11.6 Å². The maximum atomic E-state index is 13.7. The lowest BCUT2D eigenvalue weighted by Crippen LogP contribution is -2.00. The molecular formula is C14H9BrFN3O. The summed E-state index contributed by atoms with van der Waals surface area (Å²) in [5, 5.41) is 0. The normalized spacial score (nSPS) is 10.7. The summed E-state index contributed by atoms with van der Waals surface area (Å²) in [5.74, 6) is -0.262. The Kier molecular flexibility index (Phi) is 3.23. The van der Waals surface area contributed by atoms with Crippen molar-refractivity contribution in [2.45, 2.75) is 0 Å². The second kappa shape index (κ2) is 5.05. The first-order valence-electron chi connectivity index (χ1n) is 5.78. The minimum absolute atomic E-state index is 0.0376. The number of halogens is 2. The molecular weight excluding hydrogens is 325 g/mol. The Morgan fingerprint density at radius 3 is 2.50 bits per heavy atom. The summed E-state index contributed by atoms with van der Waals surface area (Å²) in [6.45, 7) is 0. The summed E-state index contributed by atoms with van der Waals surface area (Å²) in [5.41, 5.74) is 7.08. The lowest BCUT2D eigenvalue weighted by atomic mass is 10.3. The van der Waals surface area contributed by atoms with Crippen LogP contribution in [0.3, 0.4) is 0 Å². The number of fused-ring (bicyclic) bond motifs is 1. The van der Waals surface area contributed by atoms with E-state index in [1.165, 1.54) is 12.1 Å². The summed E-state index contributed by atoms with van der Waals surface area (Å²) in [6.07, 6.45) is 0. The fourth-order valence-corrected chi connectivity index (χ4v) is 2.07. The van der Waals surface area contributed by atoms with Gasteiger partial charge >= 0.3 is 0 Å². The van der Waals surface area contributed by atoms with Crippen molar-refractivity contribution in [2.24, 2.45) is 0 Å². The van der Waals surface area contributed by atoms with Gasteiger partial charge in [-0.15, -0.1) is 0 Å². The Morgan fingerprint density at radius 1 is 1.05 bits per heavy atom. The van der Waals surface area contributed by atoms with Gasteiger partial charge < -0.3 is 10.5 Å². The van der Waals surface area contributed by atoms with Crippen LogP contribution in [0.4, 0.5) is 10.2 Å². The molecule has 3 aromatic rings. The Bertz CT molecular complexity index is 794. The van der Waals surface area contributed by atoms with E-state index >= 15 is 0 Å². The summed E-state index contributed by atoms with van der Waals surface area (Å²) in [7, 11) is 0. The van der Waals surface area contributed by atoms with E-state index < -0.39 is 5.82 Å². The molecule has 0 fully saturated rings. The largest absolute Gasteiger partial charge is 0.433 e. The van der Waals surface area contributed by atoms with Crippen LogP contribution in [0.1, 0.15) is 0 Å². The fourth-order valence-electron chi connectivity index (χ4n) is 1.73. The molecule has 0 aliphatic carbocycles. The molecule has 20 heavy (non-hydrogen) atoms. The van der Waals surface area contributed by atoms with Crippen molar-refractivity contribution in [1.82, 2.24) is 9.97 Å². The number of para-hydroxylation sites is 2. The van der Waals surface area contributed by atoms with Gasteiger partial charge in [0.15, 0.2) is 17.4 Å². The standard InChI is InChI=1S/C14H9BrFN3O/c15-8-5-6-9(16)12(7-8)20-14-13(17)18-10-3-1-2-4-11(10)19-14/h1-7H,(H2,17,18). The van der Waals surface area contributed by atoms with E-state index in [9.17, 15) is 4.39 Å². The molecule has 6 heteroatoms. The molecule has 0 amide bonds. The molecule has 100 valence electrons. The van der Waals surface area contributed by atoms with Crippen molar-refractivity contribution < 1.29 is 9.13 Å². The van der Waals surface area contributed by atoms with E-state index in [1.807, 2.05) is 12.1 Å². The lowest BCUT2D eigenvalue weighted by Gasteiger charge is -2.09. The van der Waals surface area contributed by atoms with Crippen molar-refractivity contribution in [3.05, 3.63) is 52.8 Å². The molecule has 2 N–H and O–H groups in total. The van der Waals surface area contributed by atoms with E-state index in [0.29, 0.717) is 15.5 Å². The van der Waals surface area contributed by atoms with Crippen LogP contribution in [0.25, 0.3) is 11.0 Å². The highest BCUT2D eigenvalue weighted by Crippen LogP contribution is 2.30. The average Bonchev–Trinajstić information content (AvgIpc) is 2.43. The van der Waals surface area contributed by atoms with Gasteiger partial charge in [0.1, 0.15) is 0 Å². The molecule has 3 rings (SSSR count). The zero-order valence-electron chi connectivity index (χ0n) is 10.2. The summed E-state index contributed by atoms with van der Waals surface area (Å²) in [6, 6.07) is 11.6. The predicted molar refractivity (Wildman–Crippen MR) is 78.1 cm³/mol. The molecule has 2 aromatic carbocycles. The summed E-state index contributed by atoms with van der Waals surface area (Å²) < 4.78 is 19.8. The number of anilines is 1. The van der Waals surface area contributed by atoms with Gasteiger partial charge in [0.25, 0.3) is 5.88 Å². The number of nitrogens with zero attached hydrogens (tertiary/aromatic N) is 2. The van der Waals surface area contributed by atoms with Crippen molar-refractivity contribution in [2.75, 3.05) is 5.73 Å².